The third kappa shape index (κ3) is 5.96. The molecule has 1 aromatic heterocycles. The summed E-state index contributed by atoms with van der Waals surface area (Å²) < 4.78 is 2.49. The highest BCUT2D eigenvalue weighted by molar-refractivity contribution is 6.19. The van der Waals surface area contributed by atoms with Crippen LogP contribution < -0.4 is 4.90 Å². The summed E-state index contributed by atoms with van der Waals surface area (Å²) in [6, 6.07) is 88.6. The zero-order valence-corrected chi connectivity index (χ0v) is 34.0. The minimum Gasteiger partial charge on any atom is -0.310 e. The van der Waals surface area contributed by atoms with E-state index in [9.17, 15) is 0 Å². The summed E-state index contributed by atoms with van der Waals surface area (Å²) in [6.45, 7) is 0. The van der Waals surface area contributed by atoms with Gasteiger partial charge < -0.3 is 9.47 Å². The first-order chi connectivity index (χ1) is 30.8. The lowest BCUT2D eigenvalue weighted by Gasteiger charge is -2.29. The number of rotatable bonds is 7. The van der Waals surface area contributed by atoms with Gasteiger partial charge in [0.05, 0.1) is 22.4 Å². The molecule has 0 radical (unpaired) electrons. The zero-order valence-electron chi connectivity index (χ0n) is 34.0. The van der Waals surface area contributed by atoms with Gasteiger partial charge >= 0.3 is 0 Å². The van der Waals surface area contributed by atoms with Crippen LogP contribution in [0.25, 0.3) is 93.2 Å². The van der Waals surface area contributed by atoms with E-state index in [0.717, 1.165) is 33.9 Å². The van der Waals surface area contributed by atoms with E-state index in [2.05, 4.69) is 252 Å². The lowest BCUT2D eigenvalue weighted by atomic mass is 9.97. The number of nitrogens with zero attached hydrogens (tertiary/aromatic N) is 2. The summed E-state index contributed by atoms with van der Waals surface area (Å²) in [7, 11) is 0. The van der Waals surface area contributed by atoms with E-state index < -0.39 is 0 Å². The molecule has 0 unspecified atom stereocenters. The summed E-state index contributed by atoms with van der Waals surface area (Å²) in [5.74, 6) is 0. The molecule has 0 aliphatic rings. The highest BCUT2D eigenvalue weighted by Crippen LogP contribution is 2.45. The van der Waals surface area contributed by atoms with Crippen molar-refractivity contribution in [1.82, 2.24) is 4.57 Å². The monoisotopic (exact) mass is 788 g/mol. The van der Waals surface area contributed by atoms with Gasteiger partial charge in [-0.25, -0.2) is 0 Å². The van der Waals surface area contributed by atoms with E-state index in [1.165, 1.54) is 76.4 Å². The minimum absolute atomic E-state index is 1.08. The Bertz CT molecular complexity index is 3630. The van der Waals surface area contributed by atoms with Gasteiger partial charge in [-0.1, -0.05) is 194 Å². The van der Waals surface area contributed by atoms with Gasteiger partial charge in [-0.05, 0) is 97.7 Å². The molecular formula is C60H40N2. The van der Waals surface area contributed by atoms with Crippen LogP contribution in [0.1, 0.15) is 0 Å². The van der Waals surface area contributed by atoms with E-state index in [1.807, 2.05) is 0 Å². The fraction of sp³-hybridized carbons (Fsp3) is 0. The summed E-state index contributed by atoms with van der Waals surface area (Å²) in [5, 5.41) is 9.95. The molecule has 0 N–H and O–H groups in total. The average Bonchev–Trinajstić information content (AvgIpc) is 3.69. The minimum atomic E-state index is 1.08. The number of benzene rings is 11. The van der Waals surface area contributed by atoms with E-state index in [1.54, 1.807) is 0 Å². The highest BCUT2D eigenvalue weighted by Gasteiger charge is 2.22. The van der Waals surface area contributed by atoms with Crippen molar-refractivity contribution in [2.45, 2.75) is 0 Å². The van der Waals surface area contributed by atoms with E-state index in [4.69, 9.17) is 0 Å². The first kappa shape index (κ1) is 35.7. The molecule has 12 rings (SSSR count). The fourth-order valence-electron chi connectivity index (χ4n) is 9.64. The number of para-hydroxylation sites is 3. The topological polar surface area (TPSA) is 8.17 Å². The van der Waals surface area contributed by atoms with Crippen LogP contribution >= 0.6 is 0 Å². The van der Waals surface area contributed by atoms with E-state index >= 15 is 0 Å². The summed E-state index contributed by atoms with van der Waals surface area (Å²) in [5.41, 5.74) is 13.9. The van der Waals surface area contributed by atoms with Crippen molar-refractivity contribution in [3.8, 4) is 39.1 Å². The van der Waals surface area contributed by atoms with Crippen molar-refractivity contribution in [3.63, 3.8) is 0 Å². The predicted molar refractivity (Wildman–Crippen MR) is 264 cm³/mol. The molecule has 0 spiro atoms. The molecule has 0 aliphatic carbocycles. The molecule has 0 saturated heterocycles. The van der Waals surface area contributed by atoms with Crippen LogP contribution in [0.4, 0.5) is 17.1 Å². The molecule has 0 saturated carbocycles. The Kier molecular flexibility index (Phi) is 8.53. The van der Waals surface area contributed by atoms with Gasteiger partial charge in [-0.15, -0.1) is 0 Å². The second kappa shape index (κ2) is 14.8. The Labute approximate surface area is 360 Å². The van der Waals surface area contributed by atoms with Gasteiger partial charge in [-0.2, -0.15) is 0 Å². The molecule has 0 aliphatic heterocycles. The molecule has 0 fully saturated rings. The van der Waals surface area contributed by atoms with Crippen LogP contribution in [-0.2, 0) is 0 Å². The molecular weight excluding hydrogens is 749 g/mol. The standard InChI is InChI=1S/C60H40N2/c1-2-17-46-40-47(29-28-41(46)14-1)42-30-35-48(36-31-42)61(49-37-32-45(33-38-49)51-24-13-18-43-15-3-5-19-50(43)51)57-25-10-7-21-53(57)54-22-8-11-26-58(54)62-59-27-12-9-23-55(59)56-39-34-44-16-4-6-20-52(44)60(56)62/h1-40H. The Balaban J connectivity index is 1.05. The Morgan fingerprint density at radius 2 is 0.823 bits per heavy atom. The normalized spacial score (nSPS) is 11.5. The first-order valence-electron chi connectivity index (χ1n) is 21.3. The van der Waals surface area contributed by atoms with Gasteiger partial charge in [-0.3, -0.25) is 0 Å². The molecule has 0 atom stereocenters. The maximum Gasteiger partial charge on any atom is 0.0619 e. The van der Waals surface area contributed by atoms with E-state index in [-0.39, 0.29) is 0 Å². The van der Waals surface area contributed by atoms with Crippen LogP contribution in [0, 0.1) is 0 Å². The molecule has 2 heteroatoms. The molecule has 290 valence electrons. The lowest BCUT2D eigenvalue weighted by molar-refractivity contribution is 1.18. The summed E-state index contributed by atoms with van der Waals surface area (Å²) >= 11 is 0. The third-order valence-corrected chi connectivity index (χ3v) is 12.6. The average molecular weight is 789 g/mol. The predicted octanol–water partition coefficient (Wildman–Crippen LogP) is 16.7. The highest BCUT2D eigenvalue weighted by atomic mass is 15.1. The SMILES string of the molecule is c1ccc(N(c2ccc(-c3ccc4ccccc4c3)cc2)c2ccc(-c3cccc4ccccc34)cc2)c(-c2ccccc2-n2c3ccccc3c3ccc4ccccc4c32)c1. The second-order valence-electron chi connectivity index (χ2n) is 16.1. The van der Waals surface area contributed by atoms with Crippen molar-refractivity contribution in [2.75, 3.05) is 4.90 Å². The van der Waals surface area contributed by atoms with Crippen LogP contribution in [0.15, 0.2) is 243 Å². The fourth-order valence-corrected chi connectivity index (χ4v) is 9.64. The smallest absolute Gasteiger partial charge is 0.0619 e. The molecule has 1 heterocycles. The zero-order chi connectivity index (χ0) is 41.0. The van der Waals surface area contributed by atoms with Crippen LogP contribution in [0.2, 0.25) is 0 Å². The third-order valence-electron chi connectivity index (χ3n) is 12.6. The van der Waals surface area contributed by atoms with Gasteiger partial charge in [0.25, 0.3) is 0 Å². The largest absolute Gasteiger partial charge is 0.310 e. The van der Waals surface area contributed by atoms with Crippen LogP contribution in [0.3, 0.4) is 0 Å². The second-order valence-corrected chi connectivity index (χ2v) is 16.1. The Morgan fingerprint density at radius 3 is 1.61 bits per heavy atom. The van der Waals surface area contributed by atoms with Crippen molar-refractivity contribution >= 4 is 71.2 Å². The number of fused-ring (bicyclic) bond motifs is 7. The number of aromatic nitrogens is 1. The van der Waals surface area contributed by atoms with Crippen LogP contribution in [0.5, 0.6) is 0 Å². The summed E-state index contributed by atoms with van der Waals surface area (Å²) in [4.78, 5) is 2.42. The van der Waals surface area contributed by atoms with Crippen LogP contribution in [-0.4, -0.2) is 4.57 Å². The Morgan fingerprint density at radius 1 is 0.290 bits per heavy atom. The van der Waals surface area contributed by atoms with Crippen molar-refractivity contribution < 1.29 is 0 Å². The van der Waals surface area contributed by atoms with Gasteiger partial charge in [0, 0.05) is 38.7 Å². The maximum atomic E-state index is 2.49. The lowest BCUT2D eigenvalue weighted by Crippen LogP contribution is -2.11. The van der Waals surface area contributed by atoms with Gasteiger partial charge in [0.15, 0.2) is 0 Å². The maximum absolute atomic E-state index is 2.49. The van der Waals surface area contributed by atoms with Gasteiger partial charge in [0.1, 0.15) is 0 Å². The Hall–Kier alpha value is -8.20. The molecule has 12 aromatic rings. The van der Waals surface area contributed by atoms with Crippen molar-refractivity contribution in [2.24, 2.45) is 0 Å². The van der Waals surface area contributed by atoms with Crippen molar-refractivity contribution in [3.05, 3.63) is 243 Å². The van der Waals surface area contributed by atoms with Crippen molar-refractivity contribution in [1.29, 1.82) is 0 Å². The number of hydrogen-bond acceptors (Lipinski definition) is 1. The van der Waals surface area contributed by atoms with E-state index in [0.29, 0.717) is 0 Å². The summed E-state index contributed by atoms with van der Waals surface area (Å²) in [6.07, 6.45) is 0. The number of anilines is 3. The van der Waals surface area contributed by atoms with Gasteiger partial charge in [0.2, 0.25) is 0 Å². The number of hydrogen-bond donors (Lipinski definition) is 0. The first-order valence-corrected chi connectivity index (χ1v) is 21.3. The quantitative estimate of drug-likeness (QED) is 0.156. The molecule has 0 amide bonds. The molecule has 0 bridgehead atoms. The molecule has 11 aromatic carbocycles. The molecule has 62 heavy (non-hydrogen) atoms. The molecule has 2 nitrogen and oxygen atoms in total.